The van der Waals surface area contributed by atoms with Crippen molar-refractivity contribution in [3.8, 4) is 0 Å². The van der Waals surface area contributed by atoms with E-state index in [1.54, 1.807) is 0 Å². The number of nitrogens with one attached hydrogen (secondary N) is 1. The third-order valence-corrected chi connectivity index (χ3v) is 3.94. The highest BCUT2D eigenvalue weighted by atomic mass is 16.4. The second-order valence-corrected chi connectivity index (χ2v) is 6.07. The first-order valence-electron chi connectivity index (χ1n) is 8.00. The summed E-state index contributed by atoms with van der Waals surface area (Å²) in [5.41, 5.74) is 0. The van der Waals surface area contributed by atoms with Crippen LogP contribution in [-0.2, 0) is 6.54 Å². The lowest BCUT2D eigenvalue weighted by atomic mass is 10.1. The van der Waals surface area contributed by atoms with E-state index in [2.05, 4.69) is 41.2 Å². The van der Waals surface area contributed by atoms with Crippen LogP contribution in [0.5, 0.6) is 0 Å². The molecule has 0 saturated heterocycles. The SMILES string of the molecule is CCNCc1nnc(N(CCC(C)C)C2CCCC2)o1. The highest BCUT2D eigenvalue weighted by Gasteiger charge is 2.26. The van der Waals surface area contributed by atoms with Crippen molar-refractivity contribution >= 4 is 6.01 Å². The molecule has 1 aliphatic carbocycles. The Kier molecular flexibility index (Phi) is 5.83. The molecule has 0 amide bonds. The summed E-state index contributed by atoms with van der Waals surface area (Å²) in [7, 11) is 0. The van der Waals surface area contributed by atoms with Crippen molar-refractivity contribution in [3.63, 3.8) is 0 Å². The van der Waals surface area contributed by atoms with E-state index in [-0.39, 0.29) is 0 Å². The molecule has 1 saturated carbocycles. The summed E-state index contributed by atoms with van der Waals surface area (Å²) < 4.78 is 5.83. The summed E-state index contributed by atoms with van der Waals surface area (Å²) in [5.74, 6) is 1.39. The summed E-state index contributed by atoms with van der Waals surface area (Å²) in [4.78, 5) is 2.34. The van der Waals surface area contributed by atoms with E-state index in [1.807, 2.05) is 0 Å². The van der Waals surface area contributed by atoms with Crippen molar-refractivity contribution in [2.45, 2.75) is 65.5 Å². The van der Waals surface area contributed by atoms with Gasteiger partial charge in [-0.15, -0.1) is 5.10 Å². The zero-order valence-electron chi connectivity index (χ0n) is 13.1. The summed E-state index contributed by atoms with van der Waals surface area (Å²) in [6.45, 7) is 9.19. The molecule has 1 aromatic heterocycles. The van der Waals surface area contributed by atoms with Crippen LogP contribution < -0.4 is 10.2 Å². The maximum Gasteiger partial charge on any atom is 0.318 e. The number of hydrogen-bond acceptors (Lipinski definition) is 5. The van der Waals surface area contributed by atoms with Gasteiger partial charge < -0.3 is 14.6 Å². The lowest BCUT2D eigenvalue weighted by Crippen LogP contribution is -2.35. The van der Waals surface area contributed by atoms with Crippen LogP contribution in [0.25, 0.3) is 0 Å². The molecule has 5 heteroatoms. The van der Waals surface area contributed by atoms with Crippen molar-refractivity contribution in [1.82, 2.24) is 15.5 Å². The van der Waals surface area contributed by atoms with E-state index in [4.69, 9.17) is 4.42 Å². The Hall–Kier alpha value is -1.10. The van der Waals surface area contributed by atoms with Gasteiger partial charge in [0.05, 0.1) is 6.54 Å². The van der Waals surface area contributed by atoms with Crippen LogP contribution in [0.1, 0.15) is 58.8 Å². The van der Waals surface area contributed by atoms with Gasteiger partial charge in [-0.1, -0.05) is 38.7 Å². The van der Waals surface area contributed by atoms with E-state index < -0.39 is 0 Å². The third-order valence-electron chi connectivity index (χ3n) is 3.94. The highest BCUT2D eigenvalue weighted by molar-refractivity contribution is 5.27. The van der Waals surface area contributed by atoms with Crippen molar-refractivity contribution in [3.05, 3.63) is 5.89 Å². The fourth-order valence-electron chi connectivity index (χ4n) is 2.71. The average molecular weight is 280 g/mol. The first-order valence-corrected chi connectivity index (χ1v) is 8.00. The van der Waals surface area contributed by atoms with Crippen molar-refractivity contribution < 1.29 is 4.42 Å². The summed E-state index contributed by atoms with van der Waals surface area (Å²) in [6.07, 6.45) is 6.32. The zero-order valence-corrected chi connectivity index (χ0v) is 13.1. The minimum Gasteiger partial charge on any atom is -0.407 e. The van der Waals surface area contributed by atoms with Gasteiger partial charge in [0.1, 0.15) is 0 Å². The zero-order chi connectivity index (χ0) is 14.4. The Morgan fingerprint density at radius 2 is 2.05 bits per heavy atom. The monoisotopic (exact) mass is 280 g/mol. The van der Waals surface area contributed by atoms with Gasteiger partial charge >= 0.3 is 6.01 Å². The molecule has 0 spiro atoms. The number of nitrogens with zero attached hydrogens (tertiary/aromatic N) is 3. The number of rotatable bonds is 8. The normalized spacial score (nSPS) is 16.2. The number of aromatic nitrogens is 2. The fraction of sp³-hybridized carbons (Fsp3) is 0.867. The largest absolute Gasteiger partial charge is 0.407 e. The molecule has 1 aromatic rings. The second kappa shape index (κ2) is 7.62. The third kappa shape index (κ3) is 4.20. The first-order chi connectivity index (χ1) is 9.70. The maximum absolute atomic E-state index is 5.83. The molecule has 1 heterocycles. The molecule has 0 aromatic carbocycles. The molecule has 0 bridgehead atoms. The van der Waals surface area contributed by atoms with Crippen molar-refractivity contribution in [1.29, 1.82) is 0 Å². The maximum atomic E-state index is 5.83. The molecule has 0 atom stereocenters. The molecule has 1 N–H and O–H groups in total. The molecule has 2 rings (SSSR count). The van der Waals surface area contributed by atoms with Crippen LogP contribution in [0.4, 0.5) is 6.01 Å². The van der Waals surface area contributed by atoms with Crippen LogP contribution in [-0.4, -0.2) is 29.3 Å². The van der Waals surface area contributed by atoms with Crippen LogP contribution in [0.15, 0.2) is 4.42 Å². The minimum absolute atomic E-state index is 0.584. The van der Waals surface area contributed by atoms with Crippen molar-refractivity contribution in [2.24, 2.45) is 5.92 Å². The van der Waals surface area contributed by atoms with Gasteiger partial charge in [-0.2, -0.15) is 0 Å². The van der Waals surface area contributed by atoms with E-state index in [1.165, 1.54) is 32.1 Å². The van der Waals surface area contributed by atoms with E-state index in [0.717, 1.165) is 13.1 Å². The van der Waals surface area contributed by atoms with E-state index in [0.29, 0.717) is 30.4 Å². The molecular formula is C15H28N4O. The topological polar surface area (TPSA) is 54.2 Å². The first kappa shape index (κ1) is 15.3. The molecule has 114 valence electrons. The Morgan fingerprint density at radius 1 is 1.30 bits per heavy atom. The van der Waals surface area contributed by atoms with Gasteiger partial charge in [0, 0.05) is 12.6 Å². The molecule has 1 aliphatic rings. The summed E-state index contributed by atoms with van der Waals surface area (Å²) in [6, 6.07) is 1.30. The standard InChI is InChI=1S/C15H28N4O/c1-4-16-11-14-17-18-15(20-14)19(10-9-12(2)3)13-7-5-6-8-13/h12-13,16H,4-11H2,1-3H3. The smallest absolute Gasteiger partial charge is 0.318 e. The van der Waals surface area contributed by atoms with Crippen LogP contribution in [0.2, 0.25) is 0 Å². The van der Waals surface area contributed by atoms with E-state index >= 15 is 0 Å². The fourth-order valence-corrected chi connectivity index (χ4v) is 2.71. The number of anilines is 1. The minimum atomic E-state index is 0.584. The molecular weight excluding hydrogens is 252 g/mol. The van der Waals surface area contributed by atoms with Crippen LogP contribution >= 0.6 is 0 Å². The molecule has 0 unspecified atom stereocenters. The van der Waals surface area contributed by atoms with E-state index in [9.17, 15) is 0 Å². The van der Waals surface area contributed by atoms with Gasteiger partial charge in [0.15, 0.2) is 0 Å². The Balaban J connectivity index is 2.02. The van der Waals surface area contributed by atoms with Crippen LogP contribution in [0, 0.1) is 5.92 Å². The lowest BCUT2D eigenvalue weighted by molar-refractivity contribution is 0.435. The summed E-state index contributed by atoms with van der Waals surface area (Å²) >= 11 is 0. The van der Waals surface area contributed by atoms with Gasteiger partial charge in [0.2, 0.25) is 5.89 Å². The highest BCUT2D eigenvalue weighted by Crippen LogP contribution is 2.28. The second-order valence-electron chi connectivity index (χ2n) is 6.07. The molecule has 5 nitrogen and oxygen atoms in total. The Bertz CT molecular complexity index is 385. The average Bonchev–Trinajstić information content (AvgIpc) is 3.08. The lowest BCUT2D eigenvalue weighted by Gasteiger charge is -2.27. The summed E-state index contributed by atoms with van der Waals surface area (Å²) in [5, 5.41) is 11.6. The predicted molar refractivity (Wildman–Crippen MR) is 80.7 cm³/mol. The predicted octanol–water partition coefficient (Wildman–Crippen LogP) is 2.97. The molecule has 20 heavy (non-hydrogen) atoms. The van der Waals surface area contributed by atoms with Gasteiger partial charge in [0.25, 0.3) is 0 Å². The Labute approximate surface area is 122 Å². The van der Waals surface area contributed by atoms with Gasteiger partial charge in [-0.3, -0.25) is 0 Å². The molecule has 1 fully saturated rings. The van der Waals surface area contributed by atoms with Gasteiger partial charge in [-0.05, 0) is 31.7 Å². The van der Waals surface area contributed by atoms with Crippen LogP contribution in [0.3, 0.4) is 0 Å². The van der Waals surface area contributed by atoms with Gasteiger partial charge in [-0.25, -0.2) is 0 Å². The quantitative estimate of drug-likeness (QED) is 0.793. The van der Waals surface area contributed by atoms with Crippen molar-refractivity contribution in [2.75, 3.05) is 18.0 Å². The number of hydrogen-bond donors (Lipinski definition) is 1. The molecule has 0 radical (unpaired) electrons. The molecule has 0 aliphatic heterocycles. The Morgan fingerprint density at radius 3 is 2.70 bits per heavy atom.